The van der Waals surface area contributed by atoms with E-state index in [9.17, 15) is 14.0 Å². The van der Waals surface area contributed by atoms with Crippen molar-refractivity contribution in [2.45, 2.75) is 55.5 Å². The van der Waals surface area contributed by atoms with Crippen LogP contribution in [0.15, 0.2) is 58.5 Å². The van der Waals surface area contributed by atoms with E-state index in [1.54, 1.807) is 49.4 Å². The van der Waals surface area contributed by atoms with Crippen LogP contribution in [0.5, 0.6) is 0 Å². The Morgan fingerprint density at radius 3 is 2.60 bits per heavy atom. The van der Waals surface area contributed by atoms with Crippen molar-refractivity contribution in [3.05, 3.63) is 64.7 Å². The van der Waals surface area contributed by atoms with E-state index in [4.69, 9.17) is 0 Å². The predicted molar refractivity (Wildman–Crippen MR) is 118 cm³/mol. The summed E-state index contributed by atoms with van der Waals surface area (Å²) in [6, 6.07) is 13.3. The standard InChI is InChI=1S/C23H24FN3O2S/c1-15(21(28)25-16-9-3-2-4-10-16)30-23-26-19-13-7-5-11-17(19)22(29)27(23)20-14-8-6-12-18(20)24/h5-8,11-16H,2-4,9-10H2,1H3,(H,25,28). The monoisotopic (exact) mass is 425 g/mol. The van der Waals surface area contributed by atoms with Crippen molar-refractivity contribution in [3.8, 4) is 5.69 Å². The number of rotatable bonds is 5. The van der Waals surface area contributed by atoms with Crippen molar-refractivity contribution < 1.29 is 9.18 Å². The van der Waals surface area contributed by atoms with Crippen LogP contribution in [0, 0.1) is 5.82 Å². The zero-order valence-electron chi connectivity index (χ0n) is 16.8. The Morgan fingerprint density at radius 2 is 1.83 bits per heavy atom. The highest BCUT2D eigenvalue weighted by Crippen LogP contribution is 2.27. The van der Waals surface area contributed by atoms with Crippen LogP contribution >= 0.6 is 11.8 Å². The van der Waals surface area contributed by atoms with Gasteiger partial charge in [0.15, 0.2) is 5.16 Å². The van der Waals surface area contributed by atoms with Crippen LogP contribution in [0.25, 0.3) is 16.6 Å². The van der Waals surface area contributed by atoms with Gasteiger partial charge in [0.2, 0.25) is 5.91 Å². The molecule has 1 heterocycles. The highest BCUT2D eigenvalue weighted by atomic mass is 32.2. The maximum atomic E-state index is 14.6. The molecule has 5 nitrogen and oxygen atoms in total. The summed E-state index contributed by atoms with van der Waals surface area (Å²) in [7, 11) is 0. The first-order valence-corrected chi connectivity index (χ1v) is 11.2. The minimum atomic E-state index is -0.516. The lowest BCUT2D eigenvalue weighted by Crippen LogP contribution is -2.40. The largest absolute Gasteiger partial charge is 0.352 e. The fourth-order valence-corrected chi connectivity index (χ4v) is 4.74. The molecule has 1 aromatic heterocycles. The third-order valence-electron chi connectivity index (χ3n) is 5.44. The topological polar surface area (TPSA) is 64.0 Å². The van der Waals surface area contributed by atoms with E-state index in [-0.39, 0.29) is 23.2 Å². The number of nitrogens with one attached hydrogen (secondary N) is 1. The van der Waals surface area contributed by atoms with Crippen LogP contribution in [0.2, 0.25) is 0 Å². The van der Waals surface area contributed by atoms with Crippen LogP contribution in [-0.2, 0) is 4.79 Å². The number of hydrogen-bond donors (Lipinski definition) is 1. The number of nitrogens with zero attached hydrogens (tertiary/aromatic N) is 2. The van der Waals surface area contributed by atoms with Crippen molar-refractivity contribution in [3.63, 3.8) is 0 Å². The van der Waals surface area contributed by atoms with E-state index in [0.717, 1.165) is 25.7 Å². The molecule has 0 aliphatic heterocycles. The third kappa shape index (κ3) is 4.26. The van der Waals surface area contributed by atoms with Crippen molar-refractivity contribution >= 4 is 28.6 Å². The molecule has 1 unspecified atom stereocenters. The van der Waals surface area contributed by atoms with Crippen molar-refractivity contribution in [1.82, 2.24) is 14.9 Å². The van der Waals surface area contributed by atoms with E-state index in [1.807, 2.05) is 0 Å². The minimum absolute atomic E-state index is 0.0885. The van der Waals surface area contributed by atoms with Gasteiger partial charge < -0.3 is 5.32 Å². The van der Waals surface area contributed by atoms with Gasteiger partial charge in [-0.25, -0.2) is 9.37 Å². The Morgan fingerprint density at radius 1 is 1.13 bits per heavy atom. The first-order chi connectivity index (χ1) is 14.5. The summed E-state index contributed by atoms with van der Waals surface area (Å²) in [6.45, 7) is 1.79. The second-order valence-corrected chi connectivity index (χ2v) is 8.92. The van der Waals surface area contributed by atoms with Gasteiger partial charge in [-0.1, -0.05) is 55.3 Å². The van der Waals surface area contributed by atoms with E-state index in [0.29, 0.717) is 16.1 Å². The molecule has 156 valence electrons. The Hall–Kier alpha value is -2.67. The molecule has 1 aliphatic carbocycles. The van der Waals surface area contributed by atoms with Gasteiger partial charge in [0.05, 0.1) is 21.8 Å². The lowest BCUT2D eigenvalue weighted by molar-refractivity contribution is -0.121. The summed E-state index contributed by atoms with van der Waals surface area (Å²) >= 11 is 1.17. The number of carbonyl (C=O) groups excluding carboxylic acids is 1. The number of fused-ring (bicyclic) bond motifs is 1. The summed E-state index contributed by atoms with van der Waals surface area (Å²) in [5, 5.41) is 3.35. The van der Waals surface area contributed by atoms with Crippen molar-refractivity contribution in [1.29, 1.82) is 0 Å². The zero-order valence-corrected chi connectivity index (χ0v) is 17.6. The molecule has 2 aromatic carbocycles. The number of thioether (sulfide) groups is 1. The number of carbonyl (C=O) groups is 1. The molecule has 0 radical (unpaired) electrons. The quantitative estimate of drug-likeness (QED) is 0.484. The van der Waals surface area contributed by atoms with Gasteiger partial charge in [0.1, 0.15) is 5.82 Å². The number of halogens is 1. The number of benzene rings is 2. The average molecular weight is 426 g/mol. The molecule has 3 aromatic rings. The molecule has 1 fully saturated rings. The number of amides is 1. The fraction of sp³-hybridized carbons (Fsp3) is 0.348. The van der Waals surface area contributed by atoms with Gasteiger partial charge in [-0.2, -0.15) is 0 Å². The maximum Gasteiger partial charge on any atom is 0.266 e. The molecule has 1 aliphatic rings. The van der Waals surface area contributed by atoms with Gasteiger partial charge in [-0.15, -0.1) is 0 Å². The number of hydrogen-bond acceptors (Lipinski definition) is 4. The Bertz CT molecular complexity index is 1120. The summed E-state index contributed by atoms with van der Waals surface area (Å²) in [5.74, 6) is -0.604. The summed E-state index contributed by atoms with van der Waals surface area (Å²) in [6.07, 6.45) is 5.47. The molecule has 0 spiro atoms. The molecular weight excluding hydrogens is 401 g/mol. The smallest absolute Gasteiger partial charge is 0.266 e. The summed E-state index contributed by atoms with van der Waals surface area (Å²) < 4.78 is 15.8. The van der Waals surface area contributed by atoms with E-state index >= 15 is 0 Å². The maximum absolute atomic E-state index is 14.6. The number of aromatic nitrogens is 2. The molecule has 1 amide bonds. The fourth-order valence-electron chi connectivity index (χ4n) is 3.81. The molecule has 0 saturated heterocycles. The van der Waals surface area contributed by atoms with Crippen LogP contribution in [0.4, 0.5) is 4.39 Å². The zero-order chi connectivity index (χ0) is 21.1. The predicted octanol–water partition coefficient (Wildman–Crippen LogP) is 4.45. The molecule has 1 N–H and O–H groups in total. The van der Waals surface area contributed by atoms with E-state index in [1.165, 1.54) is 28.8 Å². The molecular formula is C23H24FN3O2S. The summed E-state index contributed by atoms with van der Waals surface area (Å²) in [4.78, 5) is 30.6. The van der Waals surface area contributed by atoms with E-state index in [2.05, 4.69) is 10.3 Å². The van der Waals surface area contributed by atoms with Gasteiger partial charge in [-0.3, -0.25) is 14.2 Å². The molecule has 0 bridgehead atoms. The minimum Gasteiger partial charge on any atom is -0.352 e. The van der Waals surface area contributed by atoms with Crippen molar-refractivity contribution in [2.24, 2.45) is 0 Å². The number of para-hydroxylation sites is 2. The lowest BCUT2D eigenvalue weighted by atomic mass is 9.95. The Labute approximate surface area is 178 Å². The van der Waals surface area contributed by atoms with Crippen molar-refractivity contribution in [2.75, 3.05) is 0 Å². The van der Waals surface area contributed by atoms with Gasteiger partial charge in [0, 0.05) is 6.04 Å². The highest BCUT2D eigenvalue weighted by molar-refractivity contribution is 8.00. The van der Waals surface area contributed by atoms with Crippen LogP contribution in [0.3, 0.4) is 0 Å². The Kier molecular flexibility index (Phi) is 6.18. The van der Waals surface area contributed by atoms with Crippen LogP contribution in [-0.4, -0.2) is 26.8 Å². The molecule has 1 atom stereocenters. The van der Waals surface area contributed by atoms with Gasteiger partial charge in [-0.05, 0) is 44.0 Å². The lowest BCUT2D eigenvalue weighted by Gasteiger charge is -2.24. The second kappa shape index (κ2) is 9.00. The SMILES string of the molecule is CC(Sc1nc2ccccc2c(=O)n1-c1ccccc1F)C(=O)NC1CCCCC1. The first kappa shape index (κ1) is 20.6. The van der Waals surface area contributed by atoms with E-state index < -0.39 is 11.1 Å². The molecule has 4 rings (SSSR count). The van der Waals surface area contributed by atoms with Crippen LogP contribution < -0.4 is 10.9 Å². The average Bonchev–Trinajstić information content (AvgIpc) is 2.75. The first-order valence-electron chi connectivity index (χ1n) is 10.3. The summed E-state index contributed by atoms with van der Waals surface area (Å²) in [5.41, 5.74) is 0.300. The molecule has 30 heavy (non-hydrogen) atoms. The normalized spacial score (nSPS) is 15.8. The van der Waals surface area contributed by atoms with Gasteiger partial charge in [0.25, 0.3) is 5.56 Å². The molecule has 7 heteroatoms. The van der Waals surface area contributed by atoms with Gasteiger partial charge >= 0.3 is 0 Å². The highest BCUT2D eigenvalue weighted by Gasteiger charge is 2.24. The van der Waals surface area contributed by atoms with Crippen LogP contribution in [0.1, 0.15) is 39.0 Å². The molecule has 1 saturated carbocycles. The second-order valence-electron chi connectivity index (χ2n) is 7.61. The third-order valence-corrected chi connectivity index (χ3v) is 6.49. The Balaban J connectivity index is 1.70.